The number of carboxylic acids is 1. The van der Waals surface area contributed by atoms with Crippen LogP contribution in [0.25, 0.3) is 0 Å². The number of carbonyl (C=O) groups is 2. The number of aliphatic carboxylic acids is 1. The molecule has 39 heavy (non-hydrogen) atoms. The van der Waals surface area contributed by atoms with Crippen molar-refractivity contribution in [2.24, 2.45) is 11.3 Å². The molecule has 1 aliphatic carbocycles. The molecule has 0 radical (unpaired) electrons. The van der Waals surface area contributed by atoms with Crippen LogP contribution in [0, 0.1) is 11.3 Å². The second kappa shape index (κ2) is 11.2. The lowest BCUT2D eigenvalue weighted by molar-refractivity contribution is -0.156. The minimum absolute atomic E-state index is 0.255. The minimum Gasteiger partial charge on any atom is -0.481 e. The topological polar surface area (TPSA) is 101 Å². The summed E-state index contributed by atoms with van der Waals surface area (Å²) in [6.45, 7) is 7.10. The minimum atomic E-state index is -1.02. The Labute approximate surface area is 238 Å². The average Bonchev–Trinajstić information content (AvgIpc) is 3.47. The highest BCUT2D eigenvalue weighted by Gasteiger charge is 2.59. The van der Waals surface area contributed by atoms with E-state index in [0.717, 1.165) is 22.0 Å². The fraction of sp³-hybridized carbons (Fsp3) is 0.567. The highest BCUT2D eigenvalue weighted by Crippen LogP contribution is 2.50. The Balaban J connectivity index is 1.59. The van der Waals surface area contributed by atoms with E-state index >= 15 is 0 Å². The summed E-state index contributed by atoms with van der Waals surface area (Å²) in [5.74, 6) is -0.550. The molecule has 5 atom stereocenters. The number of likely N-dealkylation sites (tertiary alicyclic amines) is 1. The molecule has 3 aliphatic rings. The van der Waals surface area contributed by atoms with E-state index in [9.17, 15) is 14.7 Å². The number of rotatable bonds is 8. The molecule has 1 aromatic heterocycles. The van der Waals surface area contributed by atoms with Crippen LogP contribution < -0.4 is 10.1 Å². The number of hydrogen-bond acceptors (Lipinski definition) is 6. The molecule has 8 nitrogen and oxygen atoms in total. The quantitative estimate of drug-likeness (QED) is 0.437. The van der Waals surface area contributed by atoms with Crippen molar-refractivity contribution in [2.75, 3.05) is 13.7 Å². The van der Waals surface area contributed by atoms with Gasteiger partial charge >= 0.3 is 5.97 Å². The molecule has 0 spiro atoms. The fourth-order valence-electron chi connectivity index (χ4n) is 6.40. The molecule has 1 amide bonds. The summed E-state index contributed by atoms with van der Waals surface area (Å²) in [4.78, 5) is 33.2. The maximum atomic E-state index is 14.0. The van der Waals surface area contributed by atoms with Crippen LogP contribution in [0.3, 0.4) is 0 Å². The first kappa shape index (κ1) is 28.1. The molecule has 2 aliphatic heterocycles. The van der Waals surface area contributed by atoms with Crippen molar-refractivity contribution in [1.29, 1.82) is 0 Å². The first-order valence-electron chi connectivity index (χ1n) is 13.8. The highest BCUT2D eigenvalue weighted by molar-refractivity contribution is 9.10. The van der Waals surface area contributed by atoms with Crippen LogP contribution in [0.2, 0.25) is 0 Å². The molecular weight excluding hydrogens is 562 g/mol. The standard InChI is InChI=1S/C30H38BrN3O5/c1-30(2,3)23-24(32-16-19-14-18(17-11-12-17)15-33-27(19)38-4)25(20-8-5-6-9-21(20)31)34(26(23)29(36)37)28(35)22-10-7-13-39-22/h5-6,8-9,14-15,17,22-26,32H,7,10-13,16H2,1-4H3,(H,36,37)/t22-,23-,24-,25-,26-/m0/s1. The smallest absolute Gasteiger partial charge is 0.326 e. The Morgan fingerprint density at radius 3 is 2.56 bits per heavy atom. The van der Waals surface area contributed by atoms with E-state index in [0.29, 0.717) is 31.4 Å². The zero-order valence-electron chi connectivity index (χ0n) is 23.0. The molecule has 0 bridgehead atoms. The van der Waals surface area contributed by atoms with E-state index in [1.54, 1.807) is 12.0 Å². The molecule has 3 fully saturated rings. The SMILES string of the molecule is COc1ncc(C2CC2)cc1CN[C@H]1[C@H](C(C)(C)C)[C@@H](C(=O)O)N(C(=O)[C@@H]2CCCO2)[C@H]1c1ccccc1Br. The number of benzene rings is 1. The van der Waals surface area contributed by atoms with Crippen LogP contribution in [0.5, 0.6) is 5.88 Å². The Morgan fingerprint density at radius 2 is 1.97 bits per heavy atom. The van der Waals surface area contributed by atoms with E-state index in [1.165, 1.54) is 18.4 Å². The van der Waals surface area contributed by atoms with Crippen LogP contribution in [0.4, 0.5) is 0 Å². The van der Waals surface area contributed by atoms with Gasteiger partial charge in [-0.1, -0.05) is 54.9 Å². The third-order valence-electron chi connectivity index (χ3n) is 8.32. The van der Waals surface area contributed by atoms with Gasteiger partial charge in [0.1, 0.15) is 12.1 Å². The number of halogens is 1. The maximum absolute atomic E-state index is 14.0. The molecule has 3 heterocycles. The third kappa shape index (κ3) is 5.58. The monoisotopic (exact) mass is 599 g/mol. The van der Waals surface area contributed by atoms with E-state index in [1.807, 2.05) is 30.5 Å². The van der Waals surface area contributed by atoms with Gasteiger partial charge in [-0.05, 0) is 60.3 Å². The first-order valence-corrected chi connectivity index (χ1v) is 14.6. The molecule has 2 aromatic rings. The van der Waals surface area contributed by atoms with Gasteiger partial charge < -0.3 is 24.8 Å². The zero-order valence-corrected chi connectivity index (χ0v) is 24.6. The summed E-state index contributed by atoms with van der Waals surface area (Å²) >= 11 is 3.70. The van der Waals surface area contributed by atoms with Crippen LogP contribution in [0.15, 0.2) is 41.0 Å². The Kier molecular flexibility index (Phi) is 8.04. The Hall–Kier alpha value is -2.49. The molecule has 2 N–H and O–H groups in total. The number of aromatic nitrogens is 1. The van der Waals surface area contributed by atoms with E-state index in [2.05, 4.69) is 53.1 Å². The number of methoxy groups -OCH3 is 1. The van der Waals surface area contributed by atoms with E-state index < -0.39 is 29.6 Å². The van der Waals surface area contributed by atoms with Gasteiger partial charge in [-0.2, -0.15) is 0 Å². The van der Waals surface area contributed by atoms with Gasteiger partial charge in [-0.25, -0.2) is 9.78 Å². The van der Waals surface area contributed by atoms with Crippen LogP contribution in [-0.4, -0.2) is 58.8 Å². The lowest BCUT2D eigenvalue weighted by atomic mass is 9.72. The Bertz CT molecular complexity index is 1220. The van der Waals surface area contributed by atoms with Crippen molar-refractivity contribution in [3.8, 4) is 5.88 Å². The number of nitrogens with one attached hydrogen (secondary N) is 1. The Morgan fingerprint density at radius 1 is 1.23 bits per heavy atom. The second-order valence-electron chi connectivity index (χ2n) is 12.0. The summed E-state index contributed by atoms with van der Waals surface area (Å²) in [5, 5.41) is 14.3. The number of pyridine rings is 1. The molecular formula is C30H38BrN3O5. The summed E-state index contributed by atoms with van der Waals surface area (Å²) in [6, 6.07) is 8.01. The van der Waals surface area contributed by atoms with Crippen molar-refractivity contribution in [3.63, 3.8) is 0 Å². The van der Waals surface area contributed by atoms with Crippen LogP contribution in [0.1, 0.15) is 75.1 Å². The lowest BCUT2D eigenvalue weighted by Gasteiger charge is -2.35. The summed E-state index contributed by atoms with van der Waals surface area (Å²) < 4.78 is 12.2. The van der Waals surface area contributed by atoms with Gasteiger partial charge in [-0.15, -0.1) is 0 Å². The van der Waals surface area contributed by atoms with Crippen LogP contribution >= 0.6 is 15.9 Å². The van der Waals surface area contributed by atoms with Crippen molar-refractivity contribution >= 4 is 27.8 Å². The molecule has 210 valence electrons. The summed E-state index contributed by atoms with van der Waals surface area (Å²) in [6.07, 6.45) is 4.98. The van der Waals surface area contributed by atoms with Crippen molar-refractivity contribution in [3.05, 3.63) is 57.7 Å². The maximum Gasteiger partial charge on any atom is 0.326 e. The normalized spacial score (nSPS) is 27.1. The average molecular weight is 601 g/mol. The van der Waals surface area contributed by atoms with E-state index in [-0.39, 0.29) is 17.9 Å². The number of amides is 1. The predicted octanol–water partition coefficient (Wildman–Crippen LogP) is 5.07. The predicted molar refractivity (Wildman–Crippen MR) is 150 cm³/mol. The largest absolute Gasteiger partial charge is 0.481 e. The number of hydrogen-bond donors (Lipinski definition) is 2. The molecule has 0 unspecified atom stereocenters. The van der Waals surface area contributed by atoms with Gasteiger partial charge in [0.2, 0.25) is 5.88 Å². The van der Waals surface area contributed by atoms with Crippen molar-refractivity contribution in [1.82, 2.24) is 15.2 Å². The number of nitrogens with zero attached hydrogens (tertiary/aromatic N) is 2. The number of carboxylic acid groups (broad SMARTS) is 1. The first-order chi connectivity index (χ1) is 18.6. The fourth-order valence-corrected chi connectivity index (χ4v) is 6.92. The van der Waals surface area contributed by atoms with Gasteiger partial charge in [0.15, 0.2) is 0 Å². The van der Waals surface area contributed by atoms with Crippen molar-refractivity contribution < 1.29 is 24.2 Å². The molecule has 5 rings (SSSR count). The van der Waals surface area contributed by atoms with Gasteiger partial charge in [0, 0.05) is 41.3 Å². The number of ether oxygens (including phenoxy) is 2. The third-order valence-corrected chi connectivity index (χ3v) is 9.04. The van der Waals surface area contributed by atoms with Gasteiger partial charge in [0.05, 0.1) is 13.2 Å². The van der Waals surface area contributed by atoms with Crippen molar-refractivity contribution in [2.45, 2.75) is 83.1 Å². The molecule has 2 saturated heterocycles. The molecule has 1 saturated carbocycles. The van der Waals surface area contributed by atoms with Gasteiger partial charge in [-0.3, -0.25) is 4.79 Å². The van der Waals surface area contributed by atoms with E-state index in [4.69, 9.17) is 9.47 Å². The summed E-state index contributed by atoms with van der Waals surface area (Å²) in [5.41, 5.74) is 2.57. The molecule has 1 aromatic carbocycles. The number of carbonyl (C=O) groups excluding carboxylic acids is 1. The lowest BCUT2D eigenvalue weighted by Crippen LogP contribution is -2.50. The molecule has 9 heteroatoms. The highest BCUT2D eigenvalue weighted by atomic mass is 79.9. The van der Waals surface area contributed by atoms with Crippen LogP contribution in [-0.2, 0) is 20.9 Å². The zero-order chi connectivity index (χ0) is 27.9. The second-order valence-corrected chi connectivity index (χ2v) is 12.9. The summed E-state index contributed by atoms with van der Waals surface area (Å²) in [7, 11) is 1.61. The van der Waals surface area contributed by atoms with Gasteiger partial charge in [0.25, 0.3) is 5.91 Å².